The molecule has 1 aliphatic rings. The van der Waals surface area contributed by atoms with E-state index in [1.165, 1.54) is 0 Å². The van der Waals surface area contributed by atoms with Crippen molar-refractivity contribution < 1.29 is 14.3 Å². The number of morpholine rings is 1. The van der Waals surface area contributed by atoms with Crippen LogP contribution in [0.1, 0.15) is 16.7 Å². The summed E-state index contributed by atoms with van der Waals surface area (Å²) < 4.78 is 10.6. The van der Waals surface area contributed by atoms with Gasteiger partial charge in [0.05, 0.1) is 26.7 Å². The smallest absolute Gasteiger partial charge is 0.227 e. The highest BCUT2D eigenvalue weighted by atomic mass is 16.5. The normalized spacial score (nSPS) is 15.4. The molecule has 0 atom stereocenters. The summed E-state index contributed by atoms with van der Waals surface area (Å²) >= 11 is 0. The van der Waals surface area contributed by atoms with E-state index in [2.05, 4.69) is 0 Å². The third-order valence-corrected chi connectivity index (χ3v) is 3.78. The molecule has 2 rings (SSSR count). The Kier molecular flexibility index (Phi) is 4.43. The summed E-state index contributed by atoms with van der Waals surface area (Å²) in [4.78, 5) is 14.1. The molecular weight excluding hydrogens is 242 g/mol. The van der Waals surface area contributed by atoms with E-state index < -0.39 is 0 Å². The quantitative estimate of drug-likeness (QED) is 0.833. The molecule has 19 heavy (non-hydrogen) atoms. The number of benzene rings is 1. The van der Waals surface area contributed by atoms with Crippen LogP contribution in [0, 0.1) is 13.8 Å². The van der Waals surface area contributed by atoms with Crippen molar-refractivity contribution in [2.24, 2.45) is 0 Å². The van der Waals surface area contributed by atoms with Gasteiger partial charge < -0.3 is 14.4 Å². The Bertz CT molecular complexity index is 465. The summed E-state index contributed by atoms with van der Waals surface area (Å²) in [6.07, 6.45) is 0.455. The van der Waals surface area contributed by atoms with Crippen LogP contribution >= 0.6 is 0 Å². The van der Waals surface area contributed by atoms with Gasteiger partial charge in [-0.2, -0.15) is 0 Å². The highest BCUT2D eigenvalue weighted by Crippen LogP contribution is 2.24. The SMILES string of the molecule is COc1ccc(CC(=O)N2CCOCC2)c(C)c1C. The first-order chi connectivity index (χ1) is 9.13. The first-order valence-electron chi connectivity index (χ1n) is 6.62. The summed E-state index contributed by atoms with van der Waals surface area (Å²) in [5.41, 5.74) is 3.32. The van der Waals surface area contributed by atoms with Crippen LogP contribution < -0.4 is 4.74 Å². The molecule has 104 valence electrons. The first kappa shape index (κ1) is 13.9. The summed E-state index contributed by atoms with van der Waals surface area (Å²) in [5.74, 6) is 1.05. The standard InChI is InChI=1S/C15H21NO3/c1-11-12(2)14(18-3)5-4-13(11)10-15(17)16-6-8-19-9-7-16/h4-5H,6-10H2,1-3H3. The van der Waals surface area contributed by atoms with Crippen molar-refractivity contribution in [1.29, 1.82) is 0 Å². The number of hydrogen-bond donors (Lipinski definition) is 0. The molecule has 4 heteroatoms. The van der Waals surface area contributed by atoms with E-state index in [-0.39, 0.29) is 5.91 Å². The molecule has 1 saturated heterocycles. The zero-order chi connectivity index (χ0) is 13.8. The van der Waals surface area contributed by atoms with Crippen LogP contribution in [0.25, 0.3) is 0 Å². The molecule has 0 bridgehead atoms. The molecule has 1 aliphatic heterocycles. The third-order valence-electron chi connectivity index (χ3n) is 3.78. The lowest BCUT2D eigenvalue weighted by Gasteiger charge is -2.27. The zero-order valence-corrected chi connectivity index (χ0v) is 11.9. The largest absolute Gasteiger partial charge is 0.496 e. The van der Waals surface area contributed by atoms with Crippen molar-refractivity contribution in [2.45, 2.75) is 20.3 Å². The van der Waals surface area contributed by atoms with Gasteiger partial charge in [-0.25, -0.2) is 0 Å². The maximum atomic E-state index is 12.2. The minimum Gasteiger partial charge on any atom is -0.496 e. The second-order valence-corrected chi connectivity index (χ2v) is 4.85. The molecule has 4 nitrogen and oxygen atoms in total. The van der Waals surface area contributed by atoms with Crippen LogP contribution in [0.15, 0.2) is 12.1 Å². The van der Waals surface area contributed by atoms with Gasteiger partial charge in [0.2, 0.25) is 5.91 Å². The summed E-state index contributed by atoms with van der Waals surface area (Å²) in [5, 5.41) is 0. The molecule has 0 unspecified atom stereocenters. The molecule has 0 spiro atoms. The number of ether oxygens (including phenoxy) is 2. The Morgan fingerprint density at radius 1 is 1.26 bits per heavy atom. The van der Waals surface area contributed by atoms with Gasteiger partial charge >= 0.3 is 0 Å². The fraction of sp³-hybridized carbons (Fsp3) is 0.533. The third kappa shape index (κ3) is 3.07. The van der Waals surface area contributed by atoms with Crippen LogP contribution in [0.3, 0.4) is 0 Å². The van der Waals surface area contributed by atoms with Gasteiger partial charge in [0, 0.05) is 13.1 Å². The molecule has 1 aromatic rings. The van der Waals surface area contributed by atoms with Gasteiger partial charge in [0.15, 0.2) is 0 Å². The lowest BCUT2D eigenvalue weighted by Crippen LogP contribution is -2.41. The predicted octanol–water partition coefficient (Wildman–Crippen LogP) is 1.71. The van der Waals surface area contributed by atoms with Gasteiger partial charge in [0.1, 0.15) is 5.75 Å². The van der Waals surface area contributed by atoms with Crippen LogP contribution in [0.4, 0.5) is 0 Å². The Morgan fingerprint density at radius 2 is 1.95 bits per heavy atom. The topological polar surface area (TPSA) is 38.8 Å². The Morgan fingerprint density at radius 3 is 2.58 bits per heavy atom. The fourth-order valence-corrected chi connectivity index (χ4v) is 2.35. The molecular formula is C15H21NO3. The van der Waals surface area contributed by atoms with Crippen molar-refractivity contribution in [3.63, 3.8) is 0 Å². The number of hydrogen-bond acceptors (Lipinski definition) is 3. The van der Waals surface area contributed by atoms with Crippen molar-refractivity contribution >= 4 is 5.91 Å². The summed E-state index contributed by atoms with van der Waals surface area (Å²) in [7, 11) is 1.67. The Hall–Kier alpha value is -1.55. The van der Waals surface area contributed by atoms with E-state index in [1.54, 1.807) is 7.11 Å². The number of nitrogens with zero attached hydrogens (tertiary/aromatic N) is 1. The summed E-state index contributed by atoms with van der Waals surface area (Å²) in [6, 6.07) is 3.92. The molecule has 0 radical (unpaired) electrons. The Labute approximate surface area is 114 Å². The fourth-order valence-electron chi connectivity index (χ4n) is 2.35. The minimum absolute atomic E-state index is 0.177. The van der Waals surface area contributed by atoms with Gasteiger partial charge in [-0.3, -0.25) is 4.79 Å². The van der Waals surface area contributed by atoms with E-state index in [1.807, 2.05) is 30.9 Å². The molecule has 0 N–H and O–H groups in total. The second-order valence-electron chi connectivity index (χ2n) is 4.85. The van der Waals surface area contributed by atoms with Crippen LogP contribution in [0.5, 0.6) is 5.75 Å². The average Bonchev–Trinajstić information content (AvgIpc) is 2.45. The zero-order valence-electron chi connectivity index (χ0n) is 11.9. The van der Waals surface area contributed by atoms with E-state index >= 15 is 0 Å². The molecule has 1 fully saturated rings. The van der Waals surface area contributed by atoms with Crippen molar-refractivity contribution in [3.8, 4) is 5.75 Å². The van der Waals surface area contributed by atoms with E-state index in [9.17, 15) is 4.79 Å². The first-order valence-corrected chi connectivity index (χ1v) is 6.62. The highest BCUT2D eigenvalue weighted by molar-refractivity contribution is 5.79. The molecule has 1 aromatic carbocycles. The van der Waals surface area contributed by atoms with Crippen molar-refractivity contribution in [3.05, 3.63) is 28.8 Å². The molecule has 1 amide bonds. The number of carbonyl (C=O) groups is 1. The van der Waals surface area contributed by atoms with E-state index in [4.69, 9.17) is 9.47 Å². The molecule has 0 aromatic heterocycles. The lowest BCUT2D eigenvalue weighted by atomic mass is 9.99. The van der Waals surface area contributed by atoms with Crippen LogP contribution in [-0.2, 0) is 16.0 Å². The summed E-state index contributed by atoms with van der Waals surface area (Å²) in [6.45, 7) is 6.76. The maximum Gasteiger partial charge on any atom is 0.227 e. The van der Waals surface area contributed by atoms with Gasteiger partial charge in [0.25, 0.3) is 0 Å². The monoisotopic (exact) mass is 263 g/mol. The number of rotatable bonds is 3. The van der Waals surface area contributed by atoms with Gasteiger partial charge in [-0.15, -0.1) is 0 Å². The van der Waals surface area contributed by atoms with Crippen LogP contribution in [-0.4, -0.2) is 44.2 Å². The number of amides is 1. The van der Waals surface area contributed by atoms with Gasteiger partial charge in [-0.1, -0.05) is 6.07 Å². The van der Waals surface area contributed by atoms with Crippen molar-refractivity contribution in [1.82, 2.24) is 4.90 Å². The highest BCUT2D eigenvalue weighted by Gasteiger charge is 2.18. The Balaban J connectivity index is 2.10. The van der Waals surface area contributed by atoms with Crippen molar-refractivity contribution in [2.75, 3.05) is 33.4 Å². The van der Waals surface area contributed by atoms with E-state index in [0.717, 1.165) is 22.4 Å². The lowest BCUT2D eigenvalue weighted by molar-refractivity contribution is -0.134. The molecule has 0 aliphatic carbocycles. The average molecular weight is 263 g/mol. The predicted molar refractivity (Wildman–Crippen MR) is 73.6 cm³/mol. The minimum atomic E-state index is 0.177. The number of methoxy groups -OCH3 is 1. The van der Waals surface area contributed by atoms with Gasteiger partial charge in [-0.05, 0) is 36.6 Å². The molecule has 1 heterocycles. The van der Waals surface area contributed by atoms with Crippen LogP contribution in [0.2, 0.25) is 0 Å². The second kappa shape index (κ2) is 6.06. The molecule has 0 saturated carbocycles. The number of carbonyl (C=O) groups excluding carboxylic acids is 1. The van der Waals surface area contributed by atoms with E-state index in [0.29, 0.717) is 32.7 Å². The maximum absolute atomic E-state index is 12.2.